The molecule has 1 aromatic carbocycles. The molecule has 2 N–H and O–H groups in total. The highest BCUT2D eigenvalue weighted by Gasteiger charge is 2.12. The Morgan fingerprint density at radius 1 is 1.43 bits per heavy atom. The first-order chi connectivity index (χ1) is 6.81. The van der Waals surface area contributed by atoms with Gasteiger partial charge in [-0.2, -0.15) is 0 Å². The normalized spacial score (nSPS) is 17.6. The molecule has 0 fully saturated rings. The molecular formula is C11H15NO2. The van der Waals surface area contributed by atoms with E-state index in [1.807, 2.05) is 13.0 Å². The number of fused-ring (bicyclic) bond motifs is 1. The van der Waals surface area contributed by atoms with Gasteiger partial charge in [0.1, 0.15) is 6.10 Å². The van der Waals surface area contributed by atoms with E-state index in [0.717, 1.165) is 25.2 Å². The summed E-state index contributed by atoms with van der Waals surface area (Å²) in [6, 6.07) is 6.31. The summed E-state index contributed by atoms with van der Waals surface area (Å²) in [4.78, 5) is 4.80. The minimum Gasteiger partial charge on any atom is -0.376 e. The Balaban J connectivity index is 2.29. The van der Waals surface area contributed by atoms with Crippen LogP contribution in [0, 0.1) is 0 Å². The average Bonchev–Trinajstić information content (AvgIpc) is 2.27. The van der Waals surface area contributed by atoms with Crippen LogP contribution in [0.3, 0.4) is 0 Å². The van der Waals surface area contributed by atoms with Crippen LogP contribution in [0.5, 0.6) is 0 Å². The second-order valence-corrected chi connectivity index (χ2v) is 3.61. The minimum atomic E-state index is -0.0388. The summed E-state index contributed by atoms with van der Waals surface area (Å²) >= 11 is 0. The van der Waals surface area contributed by atoms with Crippen LogP contribution >= 0.6 is 0 Å². The number of ether oxygens (including phenoxy) is 1. The van der Waals surface area contributed by atoms with E-state index in [0.29, 0.717) is 0 Å². The molecule has 0 aromatic heterocycles. The van der Waals surface area contributed by atoms with E-state index in [9.17, 15) is 0 Å². The van der Waals surface area contributed by atoms with Crippen molar-refractivity contribution in [2.45, 2.75) is 26.1 Å². The van der Waals surface area contributed by atoms with Crippen molar-refractivity contribution in [3.05, 3.63) is 34.9 Å². The van der Waals surface area contributed by atoms with Gasteiger partial charge in [0.15, 0.2) is 0 Å². The fourth-order valence-electron chi connectivity index (χ4n) is 1.72. The lowest BCUT2D eigenvalue weighted by Gasteiger charge is -2.18. The van der Waals surface area contributed by atoms with Crippen molar-refractivity contribution in [1.82, 2.24) is 0 Å². The van der Waals surface area contributed by atoms with Gasteiger partial charge >= 0.3 is 0 Å². The van der Waals surface area contributed by atoms with Crippen LogP contribution in [-0.4, -0.2) is 6.61 Å². The molecule has 1 unspecified atom stereocenters. The molecule has 0 aliphatic carbocycles. The van der Waals surface area contributed by atoms with Crippen LogP contribution in [0.15, 0.2) is 18.2 Å². The molecular weight excluding hydrogens is 178 g/mol. The first kappa shape index (κ1) is 9.65. The smallest absolute Gasteiger partial charge is 0.101 e. The van der Waals surface area contributed by atoms with Crippen molar-refractivity contribution in [2.24, 2.45) is 5.90 Å². The minimum absolute atomic E-state index is 0.0388. The van der Waals surface area contributed by atoms with Crippen LogP contribution < -0.4 is 5.90 Å². The molecule has 1 aromatic rings. The third kappa shape index (κ3) is 1.80. The standard InChI is InChI=1S/C11H15NO2/c1-8(14-12)9-2-3-11-7-13-5-4-10(11)6-9/h2-3,6,8H,4-5,7,12H2,1H3. The van der Waals surface area contributed by atoms with Gasteiger partial charge in [-0.05, 0) is 30.0 Å². The van der Waals surface area contributed by atoms with Gasteiger partial charge in [-0.25, -0.2) is 5.90 Å². The summed E-state index contributed by atoms with van der Waals surface area (Å²) in [7, 11) is 0. The van der Waals surface area contributed by atoms with E-state index in [2.05, 4.69) is 12.1 Å². The Labute approximate surface area is 83.8 Å². The summed E-state index contributed by atoms with van der Waals surface area (Å²) in [6.45, 7) is 3.49. The van der Waals surface area contributed by atoms with Gasteiger partial charge < -0.3 is 4.74 Å². The fraction of sp³-hybridized carbons (Fsp3) is 0.455. The van der Waals surface area contributed by atoms with Crippen LogP contribution in [0.1, 0.15) is 29.7 Å². The average molecular weight is 193 g/mol. The van der Waals surface area contributed by atoms with Crippen molar-refractivity contribution < 1.29 is 9.57 Å². The predicted octanol–water partition coefficient (Wildman–Crippen LogP) is 1.71. The fourth-order valence-corrected chi connectivity index (χ4v) is 1.72. The first-order valence-corrected chi connectivity index (χ1v) is 4.86. The molecule has 0 spiro atoms. The van der Waals surface area contributed by atoms with Gasteiger partial charge in [0.05, 0.1) is 13.2 Å². The van der Waals surface area contributed by atoms with Crippen LogP contribution in [-0.2, 0) is 22.6 Å². The quantitative estimate of drug-likeness (QED) is 0.727. The van der Waals surface area contributed by atoms with E-state index in [1.165, 1.54) is 11.1 Å². The molecule has 3 nitrogen and oxygen atoms in total. The number of hydrogen-bond acceptors (Lipinski definition) is 3. The van der Waals surface area contributed by atoms with Crippen LogP contribution in [0.4, 0.5) is 0 Å². The van der Waals surface area contributed by atoms with E-state index < -0.39 is 0 Å². The Bertz CT molecular complexity index is 325. The lowest BCUT2D eigenvalue weighted by molar-refractivity contribution is 0.0660. The Hall–Kier alpha value is -0.900. The van der Waals surface area contributed by atoms with E-state index in [4.69, 9.17) is 15.5 Å². The Kier molecular flexibility index (Phi) is 2.82. The Morgan fingerprint density at radius 2 is 2.29 bits per heavy atom. The molecule has 0 saturated heterocycles. The third-order valence-corrected chi connectivity index (χ3v) is 2.68. The summed E-state index contributed by atoms with van der Waals surface area (Å²) < 4.78 is 5.37. The molecule has 1 aliphatic heterocycles. The van der Waals surface area contributed by atoms with E-state index in [1.54, 1.807) is 0 Å². The molecule has 0 bridgehead atoms. The maximum atomic E-state index is 5.37. The van der Waals surface area contributed by atoms with Crippen LogP contribution in [0.25, 0.3) is 0 Å². The molecule has 3 heteroatoms. The molecule has 1 aliphatic rings. The zero-order valence-corrected chi connectivity index (χ0v) is 8.32. The second kappa shape index (κ2) is 4.09. The molecule has 0 saturated carbocycles. The second-order valence-electron chi connectivity index (χ2n) is 3.61. The van der Waals surface area contributed by atoms with E-state index >= 15 is 0 Å². The van der Waals surface area contributed by atoms with Crippen molar-refractivity contribution in [3.63, 3.8) is 0 Å². The molecule has 2 rings (SSSR count). The van der Waals surface area contributed by atoms with Gasteiger partial charge in [-0.3, -0.25) is 4.84 Å². The SMILES string of the molecule is CC(ON)c1ccc2c(c1)CCOC2. The number of benzene rings is 1. The number of hydrogen-bond donors (Lipinski definition) is 1. The molecule has 1 heterocycles. The zero-order chi connectivity index (χ0) is 9.97. The van der Waals surface area contributed by atoms with Gasteiger partial charge in [0.25, 0.3) is 0 Å². The molecule has 0 radical (unpaired) electrons. The summed E-state index contributed by atoms with van der Waals surface area (Å²) in [5.41, 5.74) is 3.77. The third-order valence-electron chi connectivity index (χ3n) is 2.68. The van der Waals surface area contributed by atoms with Crippen molar-refractivity contribution in [1.29, 1.82) is 0 Å². The number of nitrogens with two attached hydrogens (primary N) is 1. The Morgan fingerprint density at radius 3 is 3.07 bits per heavy atom. The lowest BCUT2D eigenvalue weighted by Crippen LogP contribution is -2.12. The lowest BCUT2D eigenvalue weighted by atomic mass is 9.98. The molecule has 76 valence electrons. The summed E-state index contributed by atoms with van der Waals surface area (Å²) in [5, 5.41) is 0. The van der Waals surface area contributed by atoms with Gasteiger partial charge in [-0.1, -0.05) is 18.2 Å². The van der Waals surface area contributed by atoms with Crippen molar-refractivity contribution in [2.75, 3.05) is 6.61 Å². The molecule has 0 amide bonds. The topological polar surface area (TPSA) is 44.5 Å². The molecule has 14 heavy (non-hydrogen) atoms. The highest BCUT2D eigenvalue weighted by Crippen LogP contribution is 2.22. The largest absolute Gasteiger partial charge is 0.376 e. The monoisotopic (exact) mass is 193 g/mol. The first-order valence-electron chi connectivity index (χ1n) is 4.86. The maximum absolute atomic E-state index is 5.37. The molecule has 1 atom stereocenters. The van der Waals surface area contributed by atoms with E-state index in [-0.39, 0.29) is 6.10 Å². The van der Waals surface area contributed by atoms with Crippen molar-refractivity contribution in [3.8, 4) is 0 Å². The summed E-state index contributed by atoms with van der Waals surface area (Å²) in [6.07, 6.45) is 0.948. The summed E-state index contributed by atoms with van der Waals surface area (Å²) in [5.74, 6) is 5.16. The van der Waals surface area contributed by atoms with Gasteiger partial charge in [0, 0.05) is 0 Å². The van der Waals surface area contributed by atoms with Crippen molar-refractivity contribution >= 4 is 0 Å². The predicted molar refractivity (Wildman–Crippen MR) is 53.5 cm³/mol. The zero-order valence-electron chi connectivity index (χ0n) is 8.32. The highest BCUT2D eigenvalue weighted by molar-refractivity contribution is 5.33. The maximum Gasteiger partial charge on any atom is 0.101 e. The van der Waals surface area contributed by atoms with Gasteiger partial charge in [-0.15, -0.1) is 0 Å². The van der Waals surface area contributed by atoms with Gasteiger partial charge in [0.2, 0.25) is 0 Å². The number of rotatable bonds is 2. The highest BCUT2D eigenvalue weighted by atomic mass is 16.6. The van der Waals surface area contributed by atoms with Crippen LogP contribution in [0.2, 0.25) is 0 Å².